The largest absolute Gasteiger partial charge is 0.325 e. The van der Waals surface area contributed by atoms with E-state index in [2.05, 4.69) is 27.4 Å². The van der Waals surface area contributed by atoms with Crippen LogP contribution in [0.1, 0.15) is 12.5 Å². The number of amides is 1. The molecule has 146 valence electrons. The molecule has 1 aromatic carbocycles. The van der Waals surface area contributed by atoms with Crippen molar-refractivity contribution >= 4 is 23.4 Å². The Balaban J connectivity index is 1.51. The number of hydrogen-bond donors (Lipinski definition) is 1. The number of thioether (sulfide) groups is 1. The van der Waals surface area contributed by atoms with Gasteiger partial charge in [0.15, 0.2) is 0 Å². The standard InChI is InChI=1S/C21H20N6OS/c1-2-16-8-10-17(11-9-16)23-19(28)15-29-21-25-24-20(18-7-3-4-12-22-18)27(21)26-13-5-6-14-26/h3-14H,2,15H2,1H3,(H,23,28). The molecular formula is C21H20N6OS. The Labute approximate surface area is 172 Å². The van der Waals surface area contributed by atoms with Gasteiger partial charge in [-0.15, -0.1) is 10.2 Å². The molecule has 3 aromatic heterocycles. The van der Waals surface area contributed by atoms with Crippen LogP contribution >= 0.6 is 11.8 Å². The normalized spacial score (nSPS) is 10.8. The van der Waals surface area contributed by atoms with Crippen molar-refractivity contribution in [2.24, 2.45) is 0 Å². The van der Waals surface area contributed by atoms with E-state index in [1.807, 2.05) is 76.3 Å². The van der Waals surface area contributed by atoms with Crippen molar-refractivity contribution in [3.8, 4) is 11.5 Å². The van der Waals surface area contributed by atoms with Gasteiger partial charge in [0.2, 0.25) is 16.9 Å². The van der Waals surface area contributed by atoms with Gasteiger partial charge in [0.05, 0.1) is 5.75 Å². The predicted octanol–water partition coefficient (Wildman–Crippen LogP) is 3.75. The Hall–Kier alpha value is -3.39. The van der Waals surface area contributed by atoms with Gasteiger partial charge >= 0.3 is 0 Å². The Bertz CT molecular complexity index is 1070. The smallest absolute Gasteiger partial charge is 0.234 e. The molecule has 7 nitrogen and oxygen atoms in total. The Morgan fingerprint density at radius 1 is 1.03 bits per heavy atom. The van der Waals surface area contributed by atoms with Gasteiger partial charge in [-0.2, -0.15) is 0 Å². The van der Waals surface area contributed by atoms with E-state index in [0.717, 1.165) is 12.1 Å². The first-order valence-electron chi connectivity index (χ1n) is 9.26. The third-order valence-corrected chi connectivity index (χ3v) is 5.22. The zero-order valence-corrected chi connectivity index (χ0v) is 16.7. The van der Waals surface area contributed by atoms with Crippen LogP contribution in [-0.4, -0.2) is 36.2 Å². The lowest BCUT2D eigenvalue weighted by molar-refractivity contribution is -0.113. The summed E-state index contributed by atoms with van der Waals surface area (Å²) in [4.78, 5) is 16.8. The van der Waals surface area contributed by atoms with Crippen LogP contribution in [0.2, 0.25) is 0 Å². The number of carbonyl (C=O) groups excluding carboxylic acids is 1. The van der Waals surface area contributed by atoms with Crippen molar-refractivity contribution in [3.63, 3.8) is 0 Å². The average Bonchev–Trinajstić information content (AvgIpc) is 3.43. The monoisotopic (exact) mass is 404 g/mol. The van der Waals surface area contributed by atoms with Crippen LogP contribution in [0.5, 0.6) is 0 Å². The fourth-order valence-corrected chi connectivity index (χ4v) is 3.56. The first-order valence-corrected chi connectivity index (χ1v) is 10.2. The van der Waals surface area contributed by atoms with E-state index < -0.39 is 0 Å². The van der Waals surface area contributed by atoms with Crippen molar-refractivity contribution in [1.29, 1.82) is 0 Å². The molecule has 1 N–H and O–H groups in total. The molecular weight excluding hydrogens is 384 g/mol. The molecule has 4 rings (SSSR count). The van der Waals surface area contributed by atoms with Crippen LogP contribution in [0.4, 0.5) is 5.69 Å². The van der Waals surface area contributed by atoms with E-state index in [1.54, 1.807) is 6.20 Å². The van der Waals surface area contributed by atoms with Gasteiger partial charge in [-0.25, -0.2) is 4.68 Å². The maximum atomic E-state index is 12.4. The molecule has 8 heteroatoms. The van der Waals surface area contributed by atoms with Gasteiger partial charge in [0.25, 0.3) is 0 Å². The van der Waals surface area contributed by atoms with Crippen molar-refractivity contribution in [2.45, 2.75) is 18.5 Å². The summed E-state index contributed by atoms with van der Waals surface area (Å²) in [6.07, 6.45) is 6.48. The number of anilines is 1. The summed E-state index contributed by atoms with van der Waals surface area (Å²) in [5.74, 6) is 0.734. The molecule has 0 bridgehead atoms. The molecule has 4 aromatic rings. The molecule has 3 heterocycles. The van der Waals surface area contributed by atoms with E-state index in [1.165, 1.54) is 17.3 Å². The number of nitrogens with one attached hydrogen (secondary N) is 1. The first kappa shape index (κ1) is 18.9. The van der Waals surface area contributed by atoms with Crippen LogP contribution in [0.3, 0.4) is 0 Å². The highest BCUT2D eigenvalue weighted by Gasteiger charge is 2.17. The summed E-state index contributed by atoms with van der Waals surface area (Å²) in [6, 6.07) is 17.4. The summed E-state index contributed by atoms with van der Waals surface area (Å²) in [6.45, 7) is 2.10. The molecule has 29 heavy (non-hydrogen) atoms. The van der Waals surface area contributed by atoms with Gasteiger partial charge in [0.1, 0.15) is 5.69 Å². The fraction of sp³-hybridized carbons (Fsp3) is 0.143. The summed E-state index contributed by atoms with van der Waals surface area (Å²) in [5.41, 5.74) is 2.73. The number of aromatic nitrogens is 5. The minimum atomic E-state index is -0.0966. The summed E-state index contributed by atoms with van der Waals surface area (Å²) >= 11 is 1.32. The molecule has 0 saturated heterocycles. The number of hydrogen-bond acceptors (Lipinski definition) is 5. The highest BCUT2D eigenvalue weighted by molar-refractivity contribution is 7.99. The topological polar surface area (TPSA) is 77.6 Å². The Morgan fingerprint density at radius 3 is 2.52 bits per heavy atom. The lowest BCUT2D eigenvalue weighted by Crippen LogP contribution is -2.16. The minimum absolute atomic E-state index is 0.0966. The molecule has 0 spiro atoms. The number of pyridine rings is 1. The maximum Gasteiger partial charge on any atom is 0.234 e. The van der Waals surface area contributed by atoms with Crippen molar-refractivity contribution in [1.82, 2.24) is 24.5 Å². The lowest BCUT2D eigenvalue weighted by atomic mass is 10.1. The van der Waals surface area contributed by atoms with E-state index in [-0.39, 0.29) is 11.7 Å². The molecule has 0 aliphatic heterocycles. The number of benzene rings is 1. The first-order chi connectivity index (χ1) is 14.2. The quantitative estimate of drug-likeness (QED) is 0.475. The zero-order chi connectivity index (χ0) is 20.1. The molecule has 0 saturated carbocycles. The second-order valence-electron chi connectivity index (χ2n) is 6.28. The molecule has 0 aliphatic rings. The third kappa shape index (κ3) is 4.38. The highest BCUT2D eigenvalue weighted by Crippen LogP contribution is 2.23. The molecule has 0 radical (unpaired) electrons. The van der Waals surface area contributed by atoms with E-state index in [9.17, 15) is 4.79 Å². The summed E-state index contributed by atoms with van der Waals surface area (Å²) in [7, 11) is 0. The fourth-order valence-electron chi connectivity index (χ4n) is 2.83. The van der Waals surface area contributed by atoms with Gasteiger partial charge < -0.3 is 5.32 Å². The second kappa shape index (κ2) is 8.74. The molecule has 0 atom stereocenters. The van der Waals surface area contributed by atoms with Gasteiger partial charge in [-0.3, -0.25) is 14.5 Å². The van der Waals surface area contributed by atoms with Crippen molar-refractivity contribution in [2.75, 3.05) is 11.1 Å². The Morgan fingerprint density at radius 2 is 1.83 bits per heavy atom. The third-order valence-electron chi connectivity index (χ3n) is 4.30. The van der Waals surface area contributed by atoms with E-state index in [0.29, 0.717) is 16.7 Å². The van der Waals surface area contributed by atoms with Gasteiger partial charge in [0, 0.05) is 24.3 Å². The van der Waals surface area contributed by atoms with Crippen LogP contribution in [0.25, 0.3) is 11.5 Å². The summed E-state index contributed by atoms with van der Waals surface area (Å²) in [5, 5.41) is 12.1. The Kier molecular flexibility index (Phi) is 5.71. The number of nitrogens with zero attached hydrogens (tertiary/aromatic N) is 5. The van der Waals surface area contributed by atoms with Gasteiger partial charge in [-0.05, 0) is 48.4 Å². The minimum Gasteiger partial charge on any atom is -0.325 e. The van der Waals surface area contributed by atoms with Crippen LogP contribution < -0.4 is 5.32 Å². The predicted molar refractivity (Wildman–Crippen MR) is 114 cm³/mol. The second-order valence-corrected chi connectivity index (χ2v) is 7.23. The van der Waals surface area contributed by atoms with E-state index >= 15 is 0 Å². The molecule has 0 unspecified atom stereocenters. The molecule has 0 aliphatic carbocycles. The number of carbonyl (C=O) groups is 1. The lowest BCUT2D eigenvalue weighted by Gasteiger charge is -2.11. The average molecular weight is 404 g/mol. The van der Waals surface area contributed by atoms with E-state index in [4.69, 9.17) is 0 Å². The molecule has 1 amide bonds. The van der Waals surface area contributed by atoms with Crippen LogP contribution in [-0.2, 0) is 11.2 Å². The molecule has 0 fully saturated rings. The van der Waals surface area contributed by atoms with Gasteiger partial charge in [-0.1, -0.05) is 36.9 Å². The zero-order valence-electron chi connectivity index (χ0n) is 15.9. The summed E-state index contributed by atoms with van der Waals surface area (Å²) < 4.78 is 3.71. The maximum absolute atomic E-state index is 12.4. The van der Waals surface area contributed by atoms with Crippen molar-refractivity contribution in [3.05, 3.63) is 78.8 Å². The SMILES string of the molecule is CCc1ccc(NC(=O)CSc2nnc(-c3ccccn3)n2-n2cccc2)cc1. The van der Waals surface area contributed by atoms with Crippen LogP contribution in [0.15, 0.2) is 78.3 Å². The number of rotatable bonds is 7. The van der Waals surface area contributed by atoms with Crippen LogP contribution in [0, 0.1) is 0 Å². The van der Waals surface area contributed by atoms with Crippen molar-refractivity contribution < 1.29 is 4.79 Å². The number of aryl methyl sites for hydroxylation is 1. The highest BCUT2D eigenvalue weighted by atomic mass is 32.2.